The molecular formula is C23H36O4. The van der Waals surface area contributed by atoms with Crippen molar-refractivity contribution < 1.29 is 19.1 Å². The van der Waals surface area contributed by atoms with Gasteiger partial charge in [-0.2, -0.15) is 0 Å². The van der Waals surface area contributed by atoms with Crippen LogP contribution in [0.3, 0.4) is 0 Å². The molecule has 4 nitrogen and oxygen atoms in total. The van der Waals surface area contributed by atoms with Gasteiger partial charge in [-0.3, -0.25) is 0 Å². The van der Waals surface area contributed by atoms with Crippen molar-refractivity contribution in [1.82, 2.24) is 0 Å². The van der Waals surface area contributed by atoms with Crippen molar-refractivity contribution in [3.63, 3.8) is 0 Å². The van der Waals surface area contributed by atoms with Gasteiger partial charge in [0.15, 0.2) is 0 Å². The molecule has 0 radical (unpaired) electrons. The first-order chi connectivity index (χ1) is 12.9. The Hall–Kier alpha value is -1.84. The van der Waals surface area contributed by atoms with Crippen LogP contribution in [0.2, 0.25) is 0 Å². The smallest absolute Gasteiger partial charge is 0.339 e. The maximum Gasteiger partial charge on any atom is 0.339 e. The summed E-state index contributed by atoms with van der Waals surface area (Å²) in [6, 6.07) is 3.57. The first kappa shape index (κ1) is 23.2. The normalized spacial score (nSPS) is 13.1. The molecule has 0 saturated carbocycles. The van der Waals surface area contributed by atoms with Gasteiger partial charge in [-0.1, -0.05) is 47.5 Å². The number of benzene rings is 1. The zero-order valence-corrected chi connectivity index (χ0v) is 17.9. The van der Waals surface area contributed by atoms with Crippen LogP contribution in [-0.4, -0.2) is 24.1 Å². The van der Waals surface area contributed by atoms with Crippen LogP contribution in [0.5, 0.6) is 0 Å². The minimum absolute atomic E-state index is 0.124. The van der Waals surface area contributed by atoms with Crippen LogP contribution in [0.15, 0.2) is 12.1 Å². The molecule has 1 aromatic carbocycles. The second-order valence-electron chi connectivity index (χ2n) is 7.13. The highest BCUT2D eigenvalue weighted by Crippen LogP contribution is 2.22. The van der Waals surface area contributed by atoms with Crippen LogP contribution in [0.1, 0.15) is 105 Å². The van der Waals surface area contributed by atoms with Crippen LogP contribution in [-0.2, 0) is 15.9 Å². The largest absolute Gasteiger partial charge is 0.459 e. The van der Waals surface area contributed by atoms with E-state index in [4.69, 9.17) is 9.47 Å². The van der Waals surface area contributed by atoms with E-state index < -0.39 is 11.9 Å². The van der Waals surface area contributed by atoms with Gasteiger partial charge in [0.2, 0.25) is 0 Å². The molecule has 4 heteroatoms. The number of rotatable bonds is 11. The monoisotopic (exact) mass is 376 g/mol. The molecule has 0 aromatic heterocycles. The van der Waals surface area contributed by atoms with Gasteiger partial charge in [-0.25, -0.2) is 9.59 Å². The standard InChI is InChI=1S/C23H36O4/c1-7-12-18(10-4)26-22(24)20-14-16(6)17(9-3)15-21(20)23(25)27-19(11-5)13-8-2/h14-15,18-19H,7-13H2,1-6H3. The van der Waals surface area contributed by atoms with Gasteiger partial charge in [-0.15, -0.1) is 0 Å². The Morgan fingerprint density at radius 1 is 0.815 bits per heavy atom. The van der Waals surface area contributed by atoms with E-state index in [1.807, 2.05) is 27.7 Å². The van der Waals surface area contributed by atoms with E-state index >= 15 is 0 Å². The van der Waals surface area contributed by atoms with Gasteiger partial charge in [-0.05, 0) is 62.3 Å². The third-order valence-electron chi connectivity index (χ3n) is 4.98. The molecule has 0 aliphatic carbocycles. The Morgan fingerprint density at radius 3 is 1.63 bits per heavy atom. The summed E-state index contributed by atoms with van der Waals surface area (Å²) in [5.74, 6) is -0.864. The summed E-state index contributed by atoms with van der Waals surface area (Å²) in [5, 5.41) is 0. The minimum Gasteiger partial charge on any atom is -0.459 e. The summed E-state index contributed by atoms with van der Waals surface area (Å²) in [4.78, 5) is 25.7. The van der Waals surface area contributed by atoms with Crippen LogP contribution >= 0.6 is 0 Å². The lowest BCUT2D eigenvalue weighted by atomic mass is 9.97. The quantitative estimate of drug-likeness (QED) is 0.443. The van der Waals surface area contributed by atoms with Crippen molar-refractivity contribution >= 4 is 11.9 Å². The fourth-order valence-corrected chi connectivity index (χ4v) is 3.24. The molecule has 1 rings (SSSR count). The van der Waals surface area contributed by atoms with Gasteiger partial charge < -0.3 is 9.47 Å². The zero-order valence-electron chi connectivity index (χ0n) is 17.9. The van der Waals surface area contributed by atoms with E-state index in [1.54, 1.807) is 12.1 Å². The molecule has 2 unspecified atom stereocenters. The maximum atomic E-state index is 12.8. The van der Waals surface area contributed by atoms with Crippen LogP contribution < -0.4 is 0 Å². The Bertz CT molecular complexity index is 621. The molecule has 27 heavy (non-hydrogen) atoms. The highest BCUT2D eigenvalue weighted by atomic mass is 16.5. The number of ether oxygens (including phenoxy) is 2. The molecular weight excluding hydrogens is 340 g/mol. The molecule has 0 bridgehead atoms. The maximum absolute atomic E-state index is 12.8. The summed E-state index contributed by atoms with van der Waals surface area (Å²) in [6.07, 6.45) is 5.61. The van der Waals surface area contributed by atoms with Crippen molar-refractivity contribution in [2.75, 3.05) is 0 Å². The lowest BCUT2D eigenvalue weighted by Crippen LogP contribution is -2.23. The number of aryl methyl sites for hydroxylation is 2. The number of hydrogen-bond donors (Lipinski definition) is 0. The van der Waals surface area contributed by atoms with Crippen molar-refractivity contribution in [1.29, 1.82) is 0 Å². The molecule has 152 valence electrons. The molecule has 0 amide bonds. The van der Waals surface area contributed by atoms with Crippen LogP contribution in [0.4, 0.5) is 0 Å². The minimum atomic E-state index is -0.434. The topological polar surface area (TPSA) is 52.6 Å². The first-order valence-electron chi connectivity index (χ1n) is 10.5. The molecule has 2 atom stereocenters. The first-order valence-corrected chi connectivity index (χ1v) is 10.5. The molecule has 0 aliphatic heterocycles. The summed E-state index contributed by atoms with van der Waals surface area (Å²) >= 11 is 0. The van der Waals surface area contributed by atoms with Gasteiger partial charge in [0.05, 0.1) is 11.1 Å². The van der Waals surface area contributed by atoms with Crippen molar-refractivity contribution in [2.24, 2.45) is 0 Å². The van der Waals surface area contributed by atoms with Crippen molar-refractivity contribution in [2.45, 2.75) is 98.7 Å². The van der Waals surface area contributed by atoms with Gasteiger partial charge in [0, 0.05) is 0 Å². The van der Waals surface area contributed by atoms with Crippen LogP contribution in [0.25, 0.3) is 0 Å². The average Bonchev–Trinajstić information content (AvgIpc) is 2.66. The molecule has 0 heterocycles. The summed E-state index contributed by atoms with van der Waals surface area (Å²) in [5.41, 5.74) is 2.67. The Morgan fingerprint density at radius 2 is 1.26 bits per heavy atom. The number of hydrogen-bond acceptors (Lipinski definition) is 4. The van der Waals surface area contributed by atoms with Crippen LogP contribution in [0, 0.1) is 6.92 Å². The fraction of sp³-hybridized carbons (Fsp3) is 0.652. The third-order valence-corrected chi connectivity index (χ3v) is 4.98. The van der Waals surface area contributed by atoms with E-state index in [0.29, 0.717) is 11.1 Å². The fourth-order valence-electron chi connectivity index (χ4n) is 3.24. The molecule has 0 spiro atoms. The van der Waals surface area contributed by atoms with E-state index in [2.05, 4.69) is 13.8 Å². The van der Waals surface area contributed by atoms with E-state index in [9.17, 15) is 9.59 Å². The Balaban J connectivity index is 3.20. The summed E-state index contributed by atoms with van der Waals surface area (Å²) in [7, 11) is 0. The average molecular weight is 377 g/mol. The highest BCUT2D eigenvalue weighted by Gasteiger charge is 2.24. The second-order valence-corrected chi connectivity index (χ2v) is 7.13. The molecule has 1 aromatic rings. The Labute approximate surface area is 164 Å². The number of esters is 2. The van der Waals surface area contributed by atoms with E-state index in [-0.39, 0.29) is 12.2 Å². The highest BCUT2D eigenvalue weighted by molar-refractivity contribution is 6.03. The van der Waals surface area contributed by atoms with Gasteiger partial charge in [0.25, 0.3) is 0 Å². The molecule has 0 aliphatic rings. The number of carbonyl (C=O) groups excluding carboxylic acids is 2. The SMILES string of the molecule is CCCC(CC)OC(=O)c1cc(C)c(CC)cc1C(=O)OC(CC)CCC. The van der Waals surface area contributed by atoms with E-state index in [0.717, 1.165) is 56.1 Å². The second kappa shape index (κ2) is 11.8. The number of carbonyl (C=O) groups is 2. The predicted molar refractivity (Wildman–Crippen MR) is 109 cm³/mol. The lowest BCUT2D eigenvalue weighted by Gasteiger charge is -2.20. The van der Waals surface area contributed by atoms with Gasteiger partial charge >= 0.3 is 11.9 Å². The predicted octanol–water partition coefficient (Wildman–Crippen LogP) is 6.03. The van der Waals surface area contributed by atoms with E-state index in [1.165, 1.54) is 0 Å². The summed E-state index contributed by atoms with van der Waals surface area (Å²) < 4.78 is 11.4. The molecule has 0 N–H and O–H groups in total. The lowest BCUT2D eigenvalue weighted by molar-refractivity contribution is 0.0223. The van der Waals surface area contributed by atoms with Crippen molar-refractivity contribution in [3.8, 4) is 0 Å². The van der Waals surface area contributed by atoms with Crippen molar-refractivity contribution in [3.05, 3.63) is 34.4 Å². The molecule has 0 saturated heterocycles. The molecule has 0 fully saturated rings. The Kier molecular flexibility index (Phi) is 10.1. The zero-order chi connectivity index (χ0) is 20.4. The van der Waals surface area contributed by atoms with Gasteiger partial charge in [0.1, 0.15) is 12.2 Å². The summed E-state index contributed by atoms with van der Waals surface area (Å²) in [6.45, 7) is 12.1. The third kappa shape index (κ3) is 6.67.